The van der Waals surface area contributed by atoms with Gasteiger partial charge in [0.25, 0.3) is 0 Å². The molecule has 0 aliphatic heterocycles. The number of rotatable bonds is 7. The number of aromatic nitrogens is 4. The fourth-order valence-electron chi connectivity index (χ4n) is 2.39. The van der Waals surface area contributed by atoms with Gasteiger partial charge in [-0.15, -0.1) is 0 Å². The molecule has 6 nitrogen and oxygen atoms in total. The Balaban J connectivity index is 1.61. The standard InChI is InChI=1S/C17H17F3N6/c18-17(19,20)16(13-4-2-1-3-5-13)25-15-7-6-14(10-23-15)22-8-9-26-12-21-11-24-26/h1-7,10-12,16,22H,8-9H2,(H,23,25). The van der Waals surface area contributed by atoms with E-state index in [9.17, 15) is 13.2 Å². The molecular formula is C17H17F3N6. The molecule has 0 amide bonds. The molecule has 0 spiro atoms. The van der Waals surface area contributed by atoms with Crippen LogP contribution in [0, 0.1) is 0 Å². The van der Waals surface area contributed by atoms with Crippen LogP contribution in [0.1, 0.15) is 11.6 Å². The quantitative estimate of drug-likeness (QED) is 0.673. The SMILES string of the molecule is FC(F)(F)C(Nc1ccc(NCCn2cncn2)cn1)c1ccccc1. The molecule has 9 heteroatoms. The highest BCUT2D eigenvalue weighted by atomic mass is 19.4. The maximum absolute atomic E-state index is 13.4. The lowest BCUT2D eigenvalue weighted by atomic mass is 10.1. The molecule has 0 fully saturated rings. The van der Waals surface area contributed by atoms with Crippen molar-refractivity contribution in [1.29, 1.82) is 0 Å². The summed E-state index contributed by atoms with van der Waals surface area (Å²) in [5.74, 6) is 0.151. The van der Waals surface area contributed by atoms with Crippen molar-refractivity contribution in [1.82, 2.24) is 19.7 Å². The van der Waals surface area contributed by atoms with Crippen molar-refractivity contribution in [3.8, 4) is 0 Å². The third kappa shape index (κ3) is 4.71. The number of alkyl halides is 3. The summed E-state index contributed by atoms with van der Waals surface area (Å²) in [6.45, 7) is 1.21. The van der Waals surface area contributed by atoms with Gasteiger partial charge in [0.2, 0.25) is 0 Å². The molecule has 3 rings (SSSR count). The normalized spacial score (nSPS) is 12.6. The number of benzene rings is 1. The molecule has 2 heterocycles. The number of anilines is 2. The molecule has 26 heavy (non-hydrogen) atoms. The Morgan fingerprint density at radius 1 is 1.08 bits per heavy atom. The Hall–Kier alpha value is -3.10. The molecule has 0 bridgehead atoms. The van der Waals surface area contributed by atoms with Crippen molar-refractivity contribution < 1.29 is 13.2 Å². The number of pyridine rings is 1. The fourth-order valence-corrected chi connectivity index (χ4v) is 2.39. The van der Waals surface area contributed by atoms with Crippen molar-refractivity contribution in [3.05, 3.63) is 66.9 Å². The predicted molar refractivity (Wildman–Crippen MR) is 91.6 cm³/mol. The minimum atomic E-state index is -4.43. The Labute approximate surface area is 148 Å². The van der Waals surface area contributed by atoms with E-state index in [4.69, 9.17) is 0 Å². The summed E-state index contributed by atoms with van der Waals surface area (Å²) >= 11 is 0. The van der Waals surface area contributed by atoms with Crippen LogP contribution in [0.15, 0.2) is 61.3 Å². The number of halogens is 3. The molecule has 0 radical (unpaired) electrons. The molecule has 1 aromatic carbocycles. The lowest BCUT2D eigenvalue weighted by molar-refractivity contribution is -0.144. The molecule has 2 N–H and O–H groups in total. The number of nitrogens with one attached hydrogen (secondary N) is 2. The first kappa shape index (κ1) is 17.7. The van der Waals surface area contributed by atoms with E-state index in [1.807, 2.05) is 0 Å². The second-order valence-corrected chi connectivity index (χ2v) is 5.55. The zero-order chi connectivity index (χ0) is 18.4. The van der Waals surface area contributed by atoms with Gasteiger partial charge in [-0.05, 0) is 17.7 Å². The van der Waals surface area contributed by atoms with Crippen LogP contribution in [0.2, 0.25) is 0 Å². The third-order valence-corrected chi connectivity index (χ3v) is 3.65. The monoisotopic (exact) mass is 362 g/mol. The van der Waals surface area contributed by atoms with E-state index >= 15 is 0 Å². The van der Waals surface area contributed by atoms with Gasteiger partial charge in [-0.25, -0.2) is 9.97 Å². The van der Waals surface area contributed by atoms with Gasteiger partial charge in [0, 0.05) is 6.54 Å². The van der Waals surface area contributed by atoms with Crippen molar-refractivity contribution in [2.24, 2.45) is 0 Å². The van der Waals surface area contributed by atoms with Gasteiger partial charge >= 0.3 is 6.18 Å². The molecular weight excluding hydrogens is 345 g/mol. The van der Waals surface area contributed by atoms with Crippen LogP contribution in [0.4, 0.5) is 24.7 Å². The van der Waals surface area contributed by atoms with E-state index in [0.29, 0.717) is 18.8 Å². The zero-order valence-corrected chi connectivity index (χ0v) is 13.7. The van der Waals surface area contributed by atoms with Crippen molar-refractivity contribution in [2.75, 3.05) is 17.2 Å². The maximum atomic E-state index is 13.4. The Morgan fingerprint density at radius 3 is 2.50 bits per heavy atom. The highest BCUT2D eigenvalue weighted by Gasteiger charge is 2.41. The van der Waals surface area contributed by atoms with Crippen LogP contribution in [-0.4, -0.2) is 32.5 Å². The third-order valence-electron chi connectivity index (χ3n) is 3.65. The van der Waals surface area contributed by atoms with Gasteiger partial charge in [-0.2, -0.15) is 18.3 Å². The zero-order valence-electron chi connectivity index (χ0n) is 13.7. The van der Waals surface area contributed by atoms with E-state index in [1.54, 1.807) is 35.3 Å². The van der Waals surface area contributed by atoms with E-state index in [0.717, 1.165) is 0 Å². The molecule has 0 saturated heterocycles. The molecule has 3 aromatic rings. The second-order valence-electron chi connectivity index (χ2n) is 5.55. The van der Waals surface area contributed by atoms with Gasteiger partial charge in [0.1, 0.15) is 24.5 Å². The summed E-state index contributed by atoms with van der Waals surface area (Å²) in [6.07, 6.45) is 0.111. The summed E-state index contributed by atoms with van der Waals surface area (Å²) in [7, 11) is 0. The van der Waals surface area contributed by atoms with Crippen LogP contribution < -0.4 is 10.6 Å². The van der Waals surface area contributed by atoms with E-state index in [1.165, 1.54) is 30.7 Å². The van der Waals surface area contributed by atoms with Crippen LogP contribution in [0.3, 0.4) is 0 Å². The lowest BCUT2D eigenvalue weighted by Gasteiger charge is -2.22. The molecule has 0 saturated carbocycles. The highest BCUT2D eigenvalue weighted by molar-refractivity contribution is 5.48. The summed E-state index contributed by atoms with van der Waals surface area (Å²) in [4.78, 5) is 7.91. The predicted octanol–water partition coefficient (Wildman–Crippen LogP) is 3.50. The number of hydrogen-bond donors (Lipinski definition) is 2. The Morgan fingerprint density at radius 2 is 1.88 bits per heavy atom. The smallest absolute Gasteiger partial charge is 0.382 e. The van der Waals surface area contributed by atoms with E-state index in [-0.39, 0.29) is 11.4 Å². The van der Waals surface area contributed by atoms with E-state index in [2.05, 4.69) is 25.7 Å². The fraction of sp³-hybridized carbons (Fsp3) is 0.235. The molecule has 2 aromatic heterocycles. The van der Waals surface area contributed by atoms with E-state index < -0.39 is 12.2 Å². The first-order chi connectivity index (χ1) is 12.5. The Kier molecular flexibility index (Phi) is 5.35. The average Bonchev–Trinajstić information content (AvgIpc) is 3.14. The van der Waals surface area contributed by atoms with Gasteiger partial charge < -0.3 is 10.6 Å². The maximum Gasteiger partial charge on any atom is 0.412 e. The summed E-state index contributed by atoms with van der Waals surface area (Å²) in [6, 6.07) is 9.07. The first-order valence-electron chi connectivity index (χ1n) is 7.93. The van der Waals surface area contributed by atoms with Gasteiger partial charge in [-0.1, -0.05) is 30.3 Å². The highest BCUT2D eigenvalue weighted by Crippen LogP contribution is 2.35. The summed E-state index contributed by atoms with van der Waals surface area (Å²) < 4.78 is 41.7. The molecule has 136 valence electrons. The first-order valence-corrected chi connectivity index (χ1v) is 7.93. The van der Waals surface area contributed by atoms with Crippen molar-refractivity contribution >= 4 is 11.5 Å². The van der Waals surface area contributed by atoms with Gasteiger partial charge in [-0.3, -0.25) is 4.68 Å². The van der Waals surface area contributed by atoms with Crippen LogP contribution >= 0.6 is 0 Å². The average molecular weight is 362 g/mol. The van der Waals surface area contributed by atoms with Crippen LogP contribution in [-0.2, 0) is 6.54 Å². The number of hydrogen-bond acceptors (Lipinski definition) is 5. The largest absolute Gasteiger partial charge is 0.412 e. The second kappa shape index (κ2) is 7.85. The molecule has 0 aliphatic rings. The summed E-state index contributed by atoms with van der Waals surface area (Å²) in [5, 5.41) is 9.56. The number of nitrogens with zero attached hydrogens (tertiary/aromatic N) is 4. The topological polar surface area (TPSA) is 67.7 Å². The van der Waals surface area contributed by atoms with Crippen LogP contribution in [0.25, 0.3) is 0 Å². The summed E-state index contributed by atoms with van der Waals surface area (Å²) in [5.41, 5.74) is 0.843. The van der Waals surface area contributed by atoms with Crippen LogP contribution in [0.5, 0.6) is 0 Å². The van der Waals surface area contributed by atoms with Crippen molar-refractivity contribution in [2.45, 2.75) is 18.8 Å². The minimum Gasteiger partial charge on any atom is -0.382 e. The molecule has 0 aliphatic carbocycles. The lowest BCUT2D eigenvalue weighted by Crippen LogP contribution is -2.28. The molecule has 1 unspecified atom stereocenters. The van der Waals surface area contributed by atoms with Crippen molar-refractivity contribution in [3.63, 3.8) is 0 Å². The van der Waals surface area contributed by atoms with Gasteiger partial charge in [0.15, 0.2) is 0 Å². The Bertz CT molecular complexity index is 788. The minimum absolute atomic E-state index is 0.136. The van der Waals surface area contributed by atoms with Gasteiger partial charge in [0.05, 0.1) is 18.4 Å². The molecule has 1 atom stereocenters.